The van der Waals surface area contributed by atoms with E-state index in [0.29, 0.717) is 22.9 Å². The molecular weight excluding hydrogens is 354 g/mol. The molecule has 2 aromatic rings. The summed E-state index contributed by atoms with van der Waals surface area (Å²) in [5.41, 5.74) is 5.52. The predicted molar refractivity (Wildman–Crippen MR) is 106 cm³/mol. The molecule has 0 saturated carbocycles. The molecule has 1 aliphatic carbocycles. The van der Waals surface area contributed by atoms with Crippen LogP contribution in [0.4, 0.5) is 0 Å². The number of rotatable bonds is 3. The molecule has 27 heavy (non-hydrogen) atoms. The molecule has 4 rings (SSSR count). The lowest BCUT2D eigenvalue weighted by molar-refractivity contribution is -0.129. The van der Waals surface area contributed by atoms with Gasteiger partial charge >= 0.3 is 0 Å². The summed E-state index contributed by atoms with van der Waals surface area (Å²) in [4.78, 5) is 19.4. The Bertz CT molecular complexity index is 903. The number of aryl methyl sites for hydroxylation is 2. The van der Waals surface area contributed by atoms with Crippen LogP contribution in [0.2, 0.25) is 0 Å². The van der Waals surface area contributed by atoms with Gasteiger partial charge in [0.05, 0.1) is 11.3 Å². The Hall–Kier alpha value is -2.32. The summed E-state index contributed by atoms with van der Waals surface area (Å²) in [7, 11) is 0. The van der Waals surface area contributed by atoms with Gasteiger partial charge in [-0.05, 0) is 54.9 Å². The van der Waals surface area contributed by atoms with Gasteiger partial charge in [0.15, 0.2) is 0 Å². The predicted octanol–water partition coefficient (Wildman–Crippen LogP) is 3.90. The van der Waals surface area contributed by atoms with Crippen LogP contribution in [-0.2, 0) is 30.6 Å². The van der Waals surface area contributed by atoms with Crippen molar-refractivity contribution in [3.63, 3.8) is 0 Å². The number of amides is 1. The third-order valence-corrected chi connectivity index (χ3v) is 6.43. The Kier molecular flexibility index (Phi) is 5.45. The van der Waals surface area contributed by atoms with Crippen LogP contribution in [0.5, 0.6) is 0 Å². The van der Waals surface area contributed by atoms with Crippen LogP contribution in [0.15, 0.2) is 35.4 Å². The van der Waals surface area contributed by atoms with E-state index in [2.05, 4.69) is 24.3 Å². The summed E-state index contributed by atoms with van der Waals surface area (Å²) in [6.07, 6.45) is 6.44. The summed E-state index contributed by atoms with van der Waals surface area (Å²) in [5, 5.41) is 10.2. The first-order chi connectivity index (χ1) is 13.2. The highest BCUT2D eigenvalue weighted by molar-refractivity contribution is 7.99. The van der Waals surface area contributed by atoms with Gasteiger partial charge in [-0.15, -0.1) is 0 Å². The van der Waals surface area contributed by atoms with E-state index < -0.39 is 0 Å². The first kappa shape index (κ1) is 18.1. The summed E-state index contributed by atoms with van der Waals surface area (Å²) in [5.74, 6) is 0.456. The topological polar surface area (TPSA) is 57.0 Å². The highest BCUT2D eigenvalue weighted by Crippen LogP contribution is 2.27. The summed E-state index contributed by atoms with van der Waals surface area (Å²) in [6.45, 7) is 1.44. The Labute approximate surface area is 164 Å². The minimum absolute atomic E-state index is 0.120. The average molecular weight is 378 g/mol. The molecule has 5 heteroatoms. The van der Waals surface area contributed by atoms with Crippen molar-refractivity contribution in [2.45, 2.75) is 50.1 Å². The minimum atomic E-state index is 0.120. The van der Waals surface area contributed by atoms with Crippen molar-refractivity contribution < 1.29 is 4.79 Å². The Morgan fingerprint density at radius 3 is 2.78 bits per heavy atom. The fourth-order valence-electron chi connectivity index (χ4n) is 3.91. The number of benzene rings is 1. The van der Waals surface area contributed by atoms with Crippen molar-refractivity contribution in [2.24, 2.45) is 0 Å². The monoisotopic (exact) mass is 377 g/mol. The lowest BCUT2D eigenvalue weighted by atomic mass is 10.00. The van der Waals surface area contributed by atoms with E-state index in [0.717, 1.165) is 37.9 Å². The normalized spacial score (nSPS) is 16.0. The number of pyridine rings is 1. The molecule has 2 heterocycles. The van der Waals surface area contributed by atoms with E-state index in [1.807, 2.05) is 17.0 Å². The molecule has 0 radical (unpaired) electrons. The number of hydrogen-bond donors (Lipinski definition) is 0. The molecule has 0 unspecified atom stereocenters. The van der Waals surface area contributed by atoms with Crippen molar-refractivity contribution in [1.82, 2.24) is 9.88 Å². The van der Waals surface area contributed by atoms with Gasteiger partial charge in [0.25, 0.3) is 0 Å². The number of aromatic nitrogens is 1. The molecule has 4 nitrogen and oxygen atoms in total. The van der Waals surface area contributed by atoms with Crippen LogP contribution in [0.25, 0.3) is 0 Å². The van der Waals surface area contributed by atoms with Crippen molar-refractivity contribution in [1.29, 1.82) is 5.26 Å². The fraction of sp³-hybridized carbons (Fsp3) is 0.409. The third-order valence-electron chi connectivity index (χ3n) is 5.45. The van der Waals surface area contributed by atoms with Crippen LogP contribution in [0.1, 0.15) is 47.2 Å². The van der Waals surface area contributed by atoms with Crippen LogP contribution in [-0.4, -0.2) is 28.1 Å². The van der Waals surface area contributed by atoms with Gasteiger partial charge in [-0.1, -0.05) is 42.4 Å². The molecule has 1 amide bonds. The van der Waals surface area contributed by atoms with Crippen LogP contribution >= 0.6 is 11.8 Å². The SMILES string of the molecule is N#Cc1cc2c(nc1SCC(=O)N1CCc3ccccc3C1)CCCCC2. The van der Waals surface area contributed by atoms with Gasteiger partial charge in [-0.25, -0.2) is 4.98 Å². The second kappa shape index (κ2) is 8.14. The molecule has 0 spiro atoms. The Morgan fingerprint density at radius 1 is 1.11 bits per heavy atom. The van der Waals surface area contributed by atoms with E-state index in [1.165, 1.54) is 41.3 Å². The highest BCUT2D eigenvalue weighted by Gasteiger charge is 2.21. The molecule has 0 bridgehead atoms. The number of thioether (sulfide) groups is 1. The van der Waals surface area contributed by atoms with Crippen molar-refractivity contribution >= 4 is 17.7 Å². The van der Waals surface area contributed by atoms with Crippen molar-refractivity contribution in [2.75, 3.05) is 12.3 Å². The fourth-order valence-corrected chi connectivity index (χ4v) is 4.79. The molecule has 0 atom stereocenters. The summed E-state index contributed by atoms with van der Waals surface area (Å²) >= 11 is 1.41. The largest absolute Gasteiger partial charge is 0.337 e. The zero-order chi connectivity index (χ0) is 18.6. The van der Waals surface area contributed by atoms with E-state index in [9.17, 15) is 10.1 Å². The van der Waals surface area contributed by atoms with Gasteiger partial charge in [0, 0.05) is 18.8 Å². The third kappa shape index (κ3) is 4.01. The minimum Gasteiger partial charge on any atom is -0.337 e. The Balaban J connectivity index is 1.45. The van der Waals surface area contributed by atoms with E-state index in [1.54, 1.807) is 0 Å². The molecule has 0 saturated heterocycles. The zero-order valence-corrected chi connectivity index (χ0v) is 16.2. The van der Waals surface area contributed by atoms with Crippen molar-refractivity contribution in [3.05, 3.63) is 58.3 Å². The van der Waals surface area contributed by atoms with E-state index in [4.69, 9.17) is 4.98 Å². The van der Waals surface area contributed by atoms with Crippen molar-refractivity contribution in [3.8, 4) is 6.07 Å². The summed E-state index contributed by atoms with van der Waals surface area (Å²) in [6, 6.07) is 12.6. The first-order valence-corrected chi connectivity index (χ1v) is 10.6. The van der Waals surface area contributed by atoms with E-state index in [-0.39, 0.29) is 5.91 Å². The second-order valence-corrected chi connectivity index (χ2v) is 8.21. The van der Waals surface area contributed by atoms with Crippen LogP contribution < -0.4 is 0 Å². The maximum absolute atomic E-state index is 12.7. The molecule has 1 aromatic carbocycles. The van der Waals surface area contributed by atoms with Gasteiger partial charge < -0.3 is 4.90 Å². The van der Waals surface area contributed by atoms with Gasteiger partial charge in [-0.2, -0.15) is 5.26 Å². The van der Waals surface area contributed by atoms with Crippen LogP contribution in [0.3, 0.4) is 0 Å². The molecule has 138 valence electrons. The lowest BCUT2D eigenvalue weighted by Crippen LogP contribution is -2.37. The maximum atomic E-state index is 12.7. The molecule has 0 fully saturated rings. The standard InChI is InChI=1S/C22H23N3OS/c23-13-19-12-17-7-2-1-3-9-20(17)24-22(19)27-15-21(26)25-11-10-16-6-4-5-8-18(16)14-25/h4-6,8,12H,1-3,7,9-11,14-15H2. The number of nitriles is 1. The molecule has 1 aromatic heterocycles. The smallest absolute Gasteiger partial charge is 0.233 e. The maximum Gasteiger partial charge on any atom is 0.233 e. The number of hydrogen-bond acceptors (Lipinski definition) is 4. The van der Waals surface area contributed by atoms with Gasteiger partial charge in [-0.3, -0.25) is 4.79 Å². The zero-order valence-electron chi connectivity index (χ0n) is 15.4. The Morgan fingerprint density at radius 2 is 1.93 bits per heavy atom. The molecule has 0 N–H and O–H groups in total. The van der Waals surface area contributed by atoms with Gasteiger partial charge in [0.1, 0.15) is 11.1 Å². The molecular formula is C22H23N3OS. The number of carbonyl (C=O) groups is 1. The van der Waals surface area contributed by atoms with E-state index >= 15 is 0 Å². The molecule has 1 aliphatic heterocycles. The quantitative estimate of drug-likeness (QED) is 0.601. The lowest BCUT2D eigenvalue weighted by Gasteiger charge is -2.28. The second-order valence-electron chi connectivity index (χ2n) is 7.24. The van der Waals surface area contributed by atoms with Gasteiger partial charge in [0.2, 0.25) is 5.91 Å². The summed E-state index contributed by atoms with van der Waals surface area (Å²) < 4.78 is 0. The number of carbonyl (C=O) groups excluding carboxylic acids is 1. The van der Waals surface area contributed by atoms with Crippen LogP contribution in [0, 0.1) is 11.3 Å². The molecule has 2 aliphatic rings. The first-order valence-electron chi connectivity index (χ1n) is 9.65. The average Bonchev–Trinajstić information content (AvgIpc) is 2.95. The number of fused-ring (bicyclic) bond motifs is 2. The highest BCUT2D eigenvalue weighted by atomic mass is 32.2. The number of nitrogens with zero attached hydrogens (tertiary/aromatic N) is 3.